The Morgan fingerprint density at radius 2 is 2.10 bits per heavy atom. The Balaban J connectivity index is 1.55. The van der Waals surface area contributed by atoms with Gasteiger partial charge in [0, 0.05) is 12.4 Å². The van der Waals surface area contributed by atoms with E-state index in [-0.39, 0.29) is 21.9 Å². The summed E-state index contributed by atoms with van der Waals surface area (Å²) in [4.78, 5) is 14.4. The van der Waals surface area contributed by atoms with Crippen LogP contribution in [-0.4, -0.2) is 68.1 Å². The number of imidazole rings is 1. The van der Waals surface area contributed by atoms with E-state index >= 15 is 0 Å². The van der Waals surface area contributed by atoms with Crippen LogP contribution in [0.4, 0.5) is 10.2 Å². The van der Waals surface area contributed by atoms with Crippen molar-refractivity contribution in [2.75, 3.05) is 12.3 Å². The van der Waals surface area contributed by atoms with Crippen molar-refractivity contribution in [3.05, 3.63) is 36.9 Å². The molecule has 3 aromatic rings. The molecular formula is C15H15FN6O6S. The van der Waals surface area contributed by atoms with Crippen molar-refractivity contribution in [3.63, 3.8) is 0 Å². The minimum absolute atomic E-state index is 0.0594. The Morgan fingerprint density at radius 3 is 2.83 bits per heavy atom. The maximum atomic E-state index is 13.5. The summed E-state index contributed by atoms with van der Waals surface area (Å²) >= 11 is 0. The summed E-state index contributed by atoms with van der Waals surface area (Å²) in [6.07, 6.45) is -2.85. The number of aliphatic hydroxyl groups excluding tert-OH is 2. The number of nitrogens with zero attached hydrogens (tertiary/aromatic N) is 5. The Morgan fingerprint density at radius 1 is 1.31 bits per heavy atom. The fourth-order valence-electron chi connectivity index (χ4n) is 2.91. The molecule has 1 unspecified atom stereocenters. The van der Waals surface area contributed by atoms with Gasteiger partial charge in [-0.2, -0.15) is 22.8 Å². The lowest BCUT2D eigenvalue weighted by molar-refractivity contribution is -0.0467. The van der Waals surface area contributed by atoms with E-state index in [4.69, 9.17) is 14.7 Å². The van der Waals surface area contributed by atoms with Crippen LogP contribution in [0.3, 0.4) is 0 Å². The number of fused-ring (bicyclic) bond motifs is 1. The second kappa shape index (κ2) is 7.23. The first-order valence-corrected chi connectivity index (χ1v) is 9.65. The molecule has 0 saturated carbocycles. The minimum atomic E-state index is -4.15. The molecule has 14 heteroatoms. The van der Waals surface area contributed by atoms with Gasteiger partial charge in [0.1, 0.15) is 23.2 Å². The van der Waals surface area contributed by atoms with E-state index in [2.05, 4.69) is 19.9 Å². The van der Waals surface area contributed by atoms with Gasteiger partial charge < -0.3 is 20.7 Å². The predicted molar refractivity (Wildman–Crippen MR) is 93.0 cm³/mol. The van der Waals surface area contributed by atoms with E-state index in [9.17, 15) is 23.0 Å². The van der Waals surface area contributed by atoms with Crippen LogP contribution in [0.15, 0.2) is 35.7 Å². The first-order chi connectivity index (χ1) is 13.8. The molecule has 0 aromatic carbocycles. The Kier molecular flexibility index (Phi) is 4.87. The van der Waals surface area contributed by atoms with E-state index in [0.29, 0.717) is 0 Å². The number of nitrogen functional groups attached to an aromatic ring is 1. The van der Waals surface area contributed by atoms with E-state index in [0.717, 1.165) is 6.20 Å². The molecule has 4 N–H and O–H groups in total. The van der Waals surface area contributed by atoms with Gasteiger partial charge in [-0.25, -0.2) is 4.98 Å². The number of halogens is 1. The van der Waals surface area contributed by atoms with E-state index in [1.807, 2.05) is 0 Å². The molecule has 0 spiro atoms. The maximum absolute atomic E-state index is 13.5. The molecule has 4 heterocycles. The number of aliphatic hydroxyl groups is 2. The zero-order chi connectivity index (χ0) is 20.8. The summed E-state index contributed by atoms with van der Waals surface area (Å²) in [5.74, 6) is -0.207. The van der Waals surface area contributed by atoms with Crippen LogP contribution in [0.2, 0.25) is 0 Å². The first-order valence-electron chi connectivity index (χ1n) is 8.24. The molecule has 0 bridgehead atoms. The van der Waals surface area contributed by atoms with Crippen molar-refractivity contribution in [2.24, 2.45) is 0 Å². The minimum Gasteiger partial charge on any atom is -0.387 e. The SMILES string of the molecule is Nc1nc(F)nc2c1ncn2C1O[C@H](COS(=O)(=O)c2cccnc2)[C@@H](O)[C@H]1O. The number of aromatic nitrogens is 5. The van der Waals surface area contributed by atoms with Crippen molar-refractivity contribution in [1.82, 2.24) is 24.5 Å². The zero-order valence-electron chi connectivity index (χ0n) is 14.5. The summed E-state index contributed by atoms with van der Waals surface area (Å²) in [5.41, 5.74) is 5.62. The van der Waals surface area contributed by atoms with E-state index < -0.39 is 47.3 Å². The lowest BCUT2D eigenvalue weighted by Crippen LogP contribution is -2.34. The summed E-state index contributed by atoms with van der Waals surface area (Å²) in [5, 5.41) is 20.6. The average molecular weight is 426 g/mol. The van der Waals surface area contributed by atoms with E-state index in [1.165, 1.54) is 29.2 Å². The molecular weight excluding hydrogens is 411 g/mol. The van der Waals surface area contributed by atoms with Gasteiger partial charge in [-0.3, -0.25) is 13.7 Å². The Bertz CT molecular complexity index is 1140. The van der Waals surface area contributed by atoms with Crippen LogP contribution < -0.4 is 5.73 Å². The molecule has 1 aliphatic rings. The number of hydrogen-bond donors (Lipinski definition) is 3. The highest BCUT2D eigenvalue weighted by Gasteiger charge is 2.45. The maximum Gasteiger partial charge on any atom is 0.312 e. The standard InChI is InChI=1S/C15H15FN6O6S/c16-15-20-12(17)9-13(21-15)22(6-19-9)14-11(24)10(23)8(28-14)5-27-29(25,26)7-2-1-3-18-4-7/h1-4,6,8,10-11,14,23-24H,5H2,(H2,17,20,21)/t8-,10-,11-,14?/m1/s1. The third kappa shape index (κ3) is 3.51. The molecule has 0 amide bonds. The molecule has 3 aromatic heterocycles. The number of rotatable bonds is 5. The van der Waals surface area contributed by atoms with Gasteiger partial charge in [0.05, 0.1) is 12.9 Å². The van der Waals surface area contributed by atoms with Crippen molar-refractivity contribution in [1.29, 1.82) is 0 Å². The second-order valence-corrected chi connectivity index (χ2v) is 7.79. The highest BCUT2D eigenvalue weighted by molar-refractivity contribution is 7.86. The molecule has 4 atom stereocenters. The van der Waals surface area contributed by atoms with Gasteiger partial charge in [-0.05, 0) is 12.1 Å². The molecule has 12 nitrogen and oxygen atoms in total. The third-order valence-electron chi connectivity index (χ3n) is 4.34. The van der Waals surface area contributed by atoms with Crippen LogP contribution in [0.25, 0.3) is 11.2 Å². The summed E-state index contributed by atoms with van der Waals surface area (Å²) < 4.78 is 49.5. The third-order valence-corrected chi connectivity index (χ3v) is 5.61. The number of nitrogens with two attached hydrogens (primary N) is 1. The van der Waals surface area contributed by atoms with Gasteiger partial charge in [-0.1, -0.05) is 0 Å². The molecule has 29 heavy (non-hydrogen) atoms. The first kappa shape index (κ1) is 19.5. The quantitative estimate of drug-likeness (QED) is 0.336. The average Bonchev–Trinajstić information content (AvgIpc) is 3.23. The Hall–Kier alpha value is -2.78. The van der Waals surface area contributed by atoms with Crippen LogP contribution >= 0.6 is 0 Å². The number of pyridine rings is 1. The normalized spacial score (nSPS) is 24.9. The summed E-state index contributed by atoms with van der Waals surface area (Å²) in [6.45, 7) is -0.579. The van der Waals surface area contributed by atoms with Crippen LogP contribution in [0, 0.1) is 6.08 Å². The molecule has 0 aliphatic carbocycles. The smallest absolute Gasteiger partial charge is 0.312 e. The number of hydrogen-bond acceptors (Lipinski definition) is 11. The van der Waals surface area contributed by atoms with Gasteiger partial charge >= 0.3 is 6.08 Å². The van der Waals surface area contributed by atoms with Crippen molar-refractivity contribution in [2.45, 2.75) is 29.4 Å². The van der Waals surface area contributed by atoms with E-state index in [1.54, 1.807) is 0 Å². The zero-order valence-corrected chi connectivity index (χ0v) is 15.3. The van der Waals surface area contributed by atoms with Crippen LogP contribution in [0.1, 0.15) is 6.23 Å². The van der Waals surface area contributed by atoms with Crippen LogP contribution in [0.5, 0.6) is 0 Å². The fraction of sp³-hybridized carbons (Fsp3) is 0.333. The molecule has 0 radical (unpaired) electrons. The van der Waals surface area contributed by atoms with Crippen LogP contribution in [-0.2, 0) is 19.0 Å². The van der Waals surface area contributed by atoms with Gasteiger partial charge in [0.2, 0.25) is 0 Å². The molecule has 1 fully saturated rings. The monoisotopic (exact) mass is 426 g/mol. The summed E-state index contributed by atoms with van der Waals surface area (Å²) in [7, 11) is -4.15. The molecule has 4 rings (SSSR count). The largest absolute Gasteiger partial charge is 0.387 e. The topological polar surface area (TPSA) is 176 Å². The molecule has 1 saturated heterocycles. The van der Waals surface area contributed by atoms with Crippen molar-refractivity contribution < 1.29 is 31.9 Å². The predicted octanol–water partition coefficient (Wildman–Crippen LogP) is -1.03. The molecule has 1 aliphatic heterocycles. The van der Waals surface area contributed by atoms with Crippen molar-refractivity contribution in [3.8, 4) is 0 Å². The second-order valence-electron chi connectivity index (χ2n) is 6.18. The Labute approximate surface area is 162 Å². The lowest BCUT2D eigenvalue weighted by atomic mass is 10.1. The highest BCUT2D eigenvalue weighted by atomic mass is 32.2. The molecule has 154 valence electrons. The lowest BCUT2D eigenvalue weighted by Gasteiger charge is -2.16. The highest BCUT2D eigenvalue weighted by Crippen LogP contribution is 2.32. The summed E-state index contributed by atoms with van der Waals surface area (Å²) in [6, 6.07) is 2.72. The van der Waals surface area contributed by atoms with Crippen molar-refractivity contribution >= 4 is 27.1 Å². The van der Waals surface area contributed by atoms with Gasteiger partial charge in [0.15, 0.2) is 23.2 Å². The fourth-order valence-corrected chi connectivity index (χ4v) is 3.80. The number of anilines is 1. The van der Waals surface area contributed by atoms with Gasteiger partial charge in [-0.15, -0.1) is 0 Å². The van der Waals surface area contributed by atoms with Gasteiger partial charge in [0.25, 0.3) is 10.1 Å². The number of ether oxygens (including phenoxy) is 1.